The summed E-state index contributed by atoms with van der Waals surface area (Å²) in [5.41, 5.74) is 1.21. The van der Waals surface area contributed by atoms with Crippen LogP contribution in [0.5, 0.6) is 0 Å². The fourth-order valence-electron chi connectivity index (χ4n) is 1.77. The van der Waals surface area contributed by atoms with Gasteiger partial charge in [0.1, 0.15) is 0 Å². The Labute approximate surface area is 130 Å². The summed E-state index contributed by atoms with van der Waals surface area (Å²) in [7, 11) is 2.18. The Balaban J connectivity index is 2.16. The predicted molar refractivity (Wildman–Crippen MR) is 87.9 cm³/mol. The Bertz CT molecular complexity index is 382. The Morgan fingerprint density at radius 3 is 2.74 bits per heavy atom. The first-order valence-corrected chi connectivity index (χ1v) is 8.02. The highest BCUT2D eigenvalue weighted by Crippen LogP contribution is 2.20. The second-order valence-electron chi connectivity index (χ2n) is 5.19. The summed E-state index contributed by atoms with van der Waals surface area (Å²) in [6.45, 7) is 7.54. The summed E-state index contributed by atoms with van der Waals surface area (Å²) in [5, 5.41) is 4.26. The lowest BCUT2D eigenvalue weighted by atomic mass is 10.2. The van der Waals surface area contributed by atoms with E-state index in [1.54, 1.807) is 0 Å². The maximum Gasteiger partial charge on any atom is 0.0410 e. The van der Waals surface area contributed by atoms with Crippen molar-refractivity contribution in [2.75, 3.05) is 20.1 Å². The predicted octanol–water partition coefficient (Wildman–Crippen LogP) is 4.31. The van der Waals surface area contributed by atoms with Crippen LogP contribution in [0, 0.1) is 0 Å². The van der Waals surface area contributed by atoms with Crippen LogP contribution < -0.4 is 5.32 Å². The van der Waals surface area contributed by atoms with Gasteiger partial charge in [0, 0.05) is 22.1 Å². The maximum absolute atomic E-state index is 5.99. The number of rotatable bonds is 8. The Hall–Kier alpha value is -0.0900. The summed E-state index contributed by atoms with van der Waals surface area (Å²) in [6.07, 6.45) is 2.44. The molecule has 0 radical (unpaired) electrons. The van der Waals surface area contributed by atoms with E-state index in [0.717, 1.165) is 22.6 Å². The molecule has 1 rings (SSSR count). The van der Waals surface area contributed by atoms with Crippen molar-refractivity contribution in [2.24, 2.45) is 0 Å². The van der Waals surface area contributed by atoms with Gasteiger partial charge in [-0.25, -0.2) is 0 Å². The van der Waals surface area contributed by atoms with Gasteiger partial charge < -0.3 is 10.2 Å². The minimum Gasteiger partial charge on any atom is -0.313 e. The van der Waals surface area contributed by atoms with Crippen molar-refractivity contribution in [3.63, 3.8) is 0 Å². The summed E-state index contributed by atoms with van der Waals surface area (Å²) in [6, 6.07) is 6.54. The van der Waals surface area contributed by atoms with Crippen LogP contribution in [0.15, 0.2) is 22.7 Å². The van der Waals surface area contributed by atoms with Gasteiger partial charge in [0.15, 0.2) is 0 Å². The number of halogens is 2. The molecular weight excluding hydrogens is 324 g/mol. The summed E-state index contributed by atoms with van der Waals surface area (Å²) in [5.74, 6) is 0. The van der Waals surface area contributed by atoms with Crippen molar-refractivity contribution in [3.8, 4) is 0 Å². The van der Waals surface area contributed by atoms with E-state index in [0.29, 0.717) is 6.04 Å². The Morgan fingerprint density at radius 1 is 1.32 bits per heavy atom. The van der Waals surface area contributed by atoms with Gasteiger partial charge in [-0.1, -0.05) is 27.5 Å². The van der Waals surface area contributed by atoms with Crippen LogP contribution in [0.4, 0.5) is 0 Å². The van der Waals surface area contributed by atoms with Crippen LogP contribution in [0.1, 0.15) is 32.3 Å². The quantitative estimate of drug-likeness (QED) is 0.705. The van der Waals surface area contributed by atoms with Crippen LogP contribution in [-0.2, 0) is 6.54 Å². The van der Waals surface area contributed by atoms with E-state index >= 15 is 0 Å². The van der Waals surface area contributed by atoms with Crippen LogP contribution in [0.25, 0.3) is 0 Å². The zero-order valence-electron chi connectivity index (χ0n) is 12.0. The third-order valence-electron chi connectivity index (χ3n) is 3.32. The highest BCUT2D eigenvalue weighted by Gasteiger charge is 2.02. The molecule has 0 atom stereocenters. The van der Waals surface area contributed by atoms with E-state index in [1.807, 2.05) is 18.2 Å². The van der Waals surface area contributed by atoms with Crippen LogP contribution >= 0.6 is 27.5 Å². The molecule has 108 valence electrons. The fraction of sp³-hybridized carbons (Fsp3) is 0.600. The highest BCUT2D eigenvalue weighted by molar-refractivity contribution is 9.10. The minimum absolute atomic E-state index is 0.635. The molecule has 0 amide bonds. The smallest absolute Gasteiger partial charge is 0.0410 e. The topological polar surface area (TPSA) is 15.3 Å². The summed E-state index contributed by atoms with van der Waals surface area (Å²) in [4.78, 5) is 2.38. The zero-order chi connectivity index (χ0) is 14.3. The second-order valence-corrected chi connectivity index (χ2v) is 6.48. The standard InChI is InChI=1S/C15H24BrClN2/c1-12(2)19(3)9-5-4-8-18-11-13-10-14(17)6-7-15(13)16/h6-7,10,12,18H,4-5,8-9,11H2,1-3H3. The molecule has 0 fully saturated rings. The van der Waals surface area contributed by atoms with Gasteiger partial charge in [-0.2, -0.15) is 0 Å². The lowest BCUT2D eigenvalue weighted by Gasteiger charge is -2.20. The molecule has 2 nitrogen and oxygen atoms in total. The first-order valence-electron chi connectivity index (χ1n) is 6.85. The first-order chi connectivity index (χ1) is 9.00. The average Bonchev–Trinajstić information content (AvgIpc) is 2.37. The molecule has 4 heteroatoms. The lowest BCUT2D eigenvalue weighted by Crippen LogP contribution is -2.27. The number of nitrogens with one attached hydrogen (secondary N) is 1. The third-order valence-corrected chi connectivity index (χ3v) is 4.33. The van der Waals surface area contributed by atoms with Gasteiger partial charge >= 0.3 is 0 Å². The molecular formula is C15H24BrClN2. The molecule has 0 spiro atoms. The number of hydrogen-bond acceptors (Lipinski definition) is 2. The Kier molecular flexibility index (Phi) is 8.00. The molecule has 0 aliphatic carbocycles. The lowest BCUT2D eigenvalue weighted by molar-refractivity contribution is 0.268. The van der Waals surface area contributed by atoms with E-state index in [2.05, 4.69) is 47.0 Å². The molecule has 1 N–H and O–H groups in total. The van der Waals surface area contributed by atoms with Gasteiger partial charge in [-0.3, -0.25) is 0 Å². The highest BCUT2D eigenvalue weighted by atomic mass is 79.9. The van der Waals surface area contributed by atoms with E-state index < -0.39 is 0 Å². The minimum atomic E-state index is 0.635. The van der Waals surface area contributed by atoms with Gasteiger partial charge in [-0.05, 0) is 70.6 Å². The number of unbranched alkanes of at least 4 members (excludes halogenated alkanes) is 1. The number of nitrogens with zero attached hydrogens (tertiary/aromatic N) is 1. The SMILES string of the molecule is CC(C)N(C)CCCCNCc1cc(Cl)ccc1Br. The molecule has 0 saturated heterocycles. The normalized spacial score (nSPS) is 11.5. The molecule has 0 heterocycles. The molecule has 1 aromatic carbocycles. The Morgan fingerprint density at radius 2 is 2.05 bits per heavy atom. The molecule has 0 bridgehead atoms. The fourth-order valence-corrected chi connectivity index (χ4v) is 2.35. The second kappa shape index (κ2) is 8.96. The van der Waals surface area contributed by atoms with E-state index in [1.165, 1.54) is 24.9 Å². The van der Waals surface area contributed by atoms with E-state index in [9.17, 15) is 0 Å². The van der Waals surface area contributed by atoms with Crippen molar-refractivity contribution in [3.05, 3.63) is 33.3 Å². The van der Waals surface area contributed by atoms with Crippen molar-refractivity contribution in [2.45, 2.75) is 39.3 Å². The average molecular weight is 348 g/mol. The largest absolute Gasteiger partial charge is 0.313 e. The van der Waals surface area contributed by atoms with Crippen LogP contribution in [0.2, 0.25) is 5.02 Å². The molecule has 0 unspecified atom stereocenters. The maximum atomic E-state index is 5.99. The van der Waals surface area contributed by atoms with E-state index in [4.69, 9.17) is 11.6 Å². The van der Waals surface area contributed by atoms with Gasteiger partial charge in [0.05, 0.1) is 0 Å². The molecule has 0 saturated carbocycles. The van der Waals surface area contributed by atoms with Crippen LogP contribution in [0.3, 0.4) is 0 Å². The molecule has 0 aromatic heterocycles. The van der Waals surface area contributed by atoms with Crippen molar-refractivity contribution >= 4 is 27.5 Å². The first kappa shape index (κ1) is 17.0. The third kappa shape index (κ3) is 6.75. The molecule has 1 aromatic rings. The van der Waals surface area contributed by atoms with Crippen molar-refractivity contribution < 1.29 is 0 Å². The molecule has 0 aliphatic rings. The summed E-state index contributed by atoms with van der Waals surface area (Å²) >= 11 is 9.53. The number of benzene rings is 1. The monoisotopic (exact) mass is 346 g/mol. The molecule has 19 heavy (non-hydrogen) atoms. The summed E-state index contributed by atoms with van der Waals surface area (Å²) < 4.78 is 1.11. The van der Waals surface area contributed by atoms with Gasteiger partial charge in [0.25, 0.3) is 0 Å². The van der Waals surface area contributed by atoms with Gasteiger partial charge in [-0.15, -0.1) is 0 Å². The van der Waals surface area contributed by atoms with Crippen LogP contribution in [-0.4, -0.2) is 31.1 Å². The molecule has 0 aliphatic heterocycles. The van der Waals surface area contributed by atoms with Crippen molar-refractivity contribution in [1.82, 2.24) is 10.2 Å². The van der Waals surface area contributed by atoms with Crippen molar-refractivity contribution in [1.29, 1.82) is 0 Å². The van der Waals surface area contributed by atoms with Gasteiger partial charge in [0.2, 0.25) is 0 Å². The van der Waals surface area contributed by atoms with E-state index in [-0.39, 0.29) is 0 Å². The number of hydrogen-bond donors (Lipinski definition) is 1. The zero-order valence-corrected chi connectivity index (χ0v) is 14.4.